The molecule has 0 radical (unpaired) electrons. The molecule has 0 bridgehead atoms. The fourth-order valence-electron chi connectivity index (χ4n) is 1.91. The highest BCUT2D eigenvalue weighted by molar-refractivity contribution is 9.10. The van der Waals surface area contributed by atoms with Crippen molar-refractivity contribution in [3.8, 4) is 0 Å². The Kier molecular flexibility index (Phi) is 5.55. The molecule has 2 aromatic carbocycles. The summed E-state index contributed by atoms with van der Waals surface area (Å²) in [6.45, 7) is 1.13. The SMILES string of the molecule is Fc1cc(Br)cc(COCCCc2ccccc2)c1. The number of halogens is 2. The van der Waals surface area contributed by atoms with Crippen LogP contribution in [0, 0.1) is 5.82 Å². The first-order chi connectivity index (χ1) is 9.24. The van der Waals surface area contributed by atoms with Crippen LogP contribution in [0.15, 0.2) is 53.0 Å². The molecule has 1 nitrogen and oxygen atoms in total. The Morgan fingerprint density at radius 3 is 2.53 bits per heavy atom. The Morgan fingerprint density at radius 2 is 1.79 bits per heavy atom. The van der Waals surface area contributed by atoms with Crippen molar-refractivity contribution in [2.45, 2.75) is 19.4 Å². The van der Waals surface area contributed by atoms with Crippen LogP contribution in [0.5, 0.6) is 0 Å². The fourth-order valence-corrected chi connectivity index (χ4v) is 2.42. The van der Waals surface area contributed by atoms with Gasteiger partial charge in [0.1, 0.15) is 5.82 Å². The summed E-state index contributed by atoms with van der Waals surface area (Å²) in [6.07, 6.45) is 1.98. The van der Waals surface area contributed by atoms with E-state index in [4.69, 9.17) is 4.74 Å². The third-order valence-corrected chi connectivity index (χ3v) is 3.25. The van der Waals surface area contributed by atoms with E-state index >= 15 is 0 Å². The molecule has 0 saturated heterocycles. The summed E-state index contributed by atoms with van der Waals surface area (Å²) in [5.74, 6) is -0.239. The van der Waals surface area contributed by atoms with Crippen LogP contribution >= 0.6 is 15.9 Å². The molecule has 2 rings (SSSR count). The number of aryl methyl sites for hydroxylation is 1. The lowest BCUT2D eigenvalue weighted by Gasteiger charge is -2.05. The molecular formula is C16H16BrFO. The summed E-state index contributed by atoms with van der Waals surface area (Å²) in [4.78, 5) is 0. The van der Waals surface area contributed by atoms with Gasteiger partial charge in [0.2, 0.25) is 0 Å². The molecule has 0 atom stereocenters. The van der Waals surface area contributed by atoms with Crippen LogP contribution in [-0.2, 0) is 17.8 Å². The smallest absolute Gasteiger partial charge is 0.124 e. The van der Waals surface area contributed by atoms with Crippen LogP contribution in [0.1, 0.15) is 17.5 Å². The summed E-state index contributed by atoms with van der Waals surface area (Å²) in [7, 11) is 0. The Hall–Kier alpha value is -1.19. The van der Waals surface area contributed by atoms with Crippen LogP contribution in [0.25, 0.3) is 0 Å². The van der Waals surface area contributed by atoms with Crippen LogP contribution in [-0.4, -0.2) is 6.61 Å². The second-order valence-corrected chi connectivity index (χ2v) is 5.34. The van der Waals surface area contributed by atoms with Gasteiger partial charge in [0.25, 0.3) is 0 Å². The minimum Gasteiger partial charge on any atom is -0.377 e. The van der Waals surface area contributed by atoms with Gasteiger partial charge in [-0.15, -0.1) is 0 Å². The highest BCUT2D eigenvalue weighted by Crippen LogP contribution is 2.15. The molecule has 0 aliphatic rings. The second-order valence-electron chi connectivity index (χ2n) is 4.42. The lowest BCUT2D eigenvalue weighted by molar-refractivity contribution is 0.118. The summed E-state index contributed by atoms with van der Waals surface area (Å²) in [6, 6.07) is 15.2. The van der Waals surface area contributed by atoms with Gasteiger partial charge in [0.15, 0.2) is 0 Å². The Bertz CT molecular complexity index is 493. The molecule has 2 aromatic rings. The van der Waals surface area contributed by atoms with E-state index < -0.39 is 0 Å². The summed E-state index contributed by atoms with van der Waals surface area (Å²) in [5, 5.41) is 0. The molecule has 19 heavy (non-hydrogen) atoms. The molecule has 0 aromatic heterocycles. The van der Waals surface area contributed by atoms with Crippen molar-refractivity contribution in [1.29, 1.82) is 0 Å². The number of hydrogen-bond acceptors (Lipinski definition) is 1. The van der Waals surface area contributed by atoms with Gasteiger partial charge in [0.05, 0.1) is 6.61 Å². The van der Waals surface area contributed by atoms with Gasteiger partial charge in [0, 0.05) is 11.1 Å². The molecular weight excluding hydrogens is 307 g/mol. The predicted molar refractivity (Wildman–Crippen MR) is 78.5 cm³/mol. The zero-order chi connectivity index (χ0) is 13.5. The number of hydrogen-bond donors (Lipinski definition) is 0. The van der Waals surface area contributed by atoms with Crippen molar-refractivity contribution >= 4 is 15.9 Å². The summed E-state index contributed by atoms with van der Waals surface area (Å²) >= 11 is 3.27. The van der Waals surface area contributed by atoms with Gasteiger partial charge in [-0.25, -0.2) is 4.39 Å². The first kappa shape index (κ1) is 14.2. The van der Waals surface area contributed by atoms with Gasteiger partial charge >= 0.3 is 0 Å². The van der Waals surface area contributed by atoms with E-state index in [9.17, 15) is 4.39 Å². The Morgan fingerprint density at radius 1 is 1.00 bits per heavy atom. The molecule has 0 unspecified atom stereocenters. The van der Waals surface area contributed by atoms with Gasteiger partial charge in [-0.2, -0.15) is 0 Å². The molecule has 0 spiro atoms. The molecule has 0 heterocycles. The molecule has 0 aliphatic heterocycles. The van der Waals surface area contributed by atoms with Crippen LogP contribution in [0.2, 0.25) is 0 Å². The lowest BCUT2D eigenvalue weighted by Crippen LogP contribution is -1.98. The fraction of sp³-hybridized carbons (Fsp3) is 0.250. The second kappa shape index (κ2) is 7.41. The van der Waals surface area contributed by atoms with Crippen molar-refractivity contribution in [3.05, 3.63) is 69.9 Å². The monoisotopic (exact) mass is 322 g/mol. The summed E-state index contributed by atoms with van der Waals surface area (Å²) in [5.41, 5.74) is 2.17. The van der Waals surface area contributed by atoms with E-state index in [0.717, 1.165) is 22.9 Å². The minimum absolute atomic E-state index is 0.239. The molecule has 100 valence electrons. The third-order valence-electron chi connectivity index (χ3n) is 2.79. The van der Waals surface area contributed by atoms with Gasteiger partial charge in [-0.3, -0.25) is 0 Å². The normalized spacial score (nSPS) is 10.6. The molecule has 0 N–H and O–H groups in total. The standard InChI is InChI=1S/C16H16BrFO/c17-15-9-14(10-16(18)11-15)12-19-8-4-7-13-5-2-1-3-6-13/h1-3,5-6,9-11H,4,7-8,12H2. The van der Waals surface area contributed by atoms with E-state index in [1.54, 1.807) is 0 Å². The largest absolute Gasteiger partial charge is 0.377 e. The van der Waals surface area contributed by atoms with Crippen molar-refractivity contribution in [2.24, 2.45) is 0 Å². The maximum absolute atomic E-state index is 13.1. The Balaban J connectivity index is 1.69. The van der Waals surface area contributed by atoms with Crippen molar-refractivity contribution < 1.29 is 9.13 Å². The maximum Gasteiger partial charge on any atom is 0.124 e. The zero-order valence-corrected chi connectivity index (χ0v) is 12.2. The number of benzene rings is 2. The average molecular weight is 323 g/mol. The third kappa shape index (κ3) is 5.13. The molecule has 0 aliphatic carbocycles. The quantitative estimate of drug-likeness (QED) is 0.698. The van der Waals surface area contributed by atoms with Gasteiger partial charge < -0.3 is 4.74 Å². The van der Waals surface area contributed by atoms with Gasteiger partial charge in [-0.05, 0) is 42.2 Å². The molecule has 3 heteroatoms. The van der Waals surface area contributed by atoms with Crippen molar-refractivity contribution in [2.75, 3.05) is 6.61 Å². The lowest BCUT2D eigenvalue weighted by atomic mass is 10.1. The van der Waals surface area contributed by atoms with E-state index in [0.29, 0.717) is 13.2 Å². The van der Waals surface area contributed by atoms with E-state index in [1.807, 2.05) is 24.3 Å². The summed E-state index contributed by atoms with van der Waals surface area (Å²) < 4.78 is 19.4. The minimum atomic E-state index is -0.239. The van der Waals surface area contributed by atoms with Gasteiger partial charge in [-0.1, -0.05) is 46.3 Å². The van der Waals surface area contributed by atoms with E-state index in [2.05, 4.69) is 28.1 Å². The highest BCUT2D eigenvalue weighted by Gasteiger charge is 1.99. The number of rotatable bonds is 6. The first-order valence-corrected chi connectivity index (χ1v) is 7.10. The molecule has 0 fully saturated rings. The molecule has 0 amide bonds. The first-order valence-electron chi connectivity index (χ1n) is 6.31. The topological polar surface area (TPSA) is 9.23 Å². The zero-order valence-electron chi connectivity index (χ0n) is 10.6. The van der Waals surface area contributed by atoms with Crippen LogP contribution in [0.3, 0.4) is 0 Å². The van der Waals surface area contributed by atoms with E-state index in [-0.39, 0.29) is 5.82 Å². The molecule has 0 saturated carbocycles. The highest BCUT2D eigenvalue weighted by atomic mass is 79.9. The van der Waals surface area contributed by atoms with Crippen LogP contribution < -0.4 is 0 Å². The van der Waals surface area contributed by atoms with Crippen molar-refractivity contribution in [3.63, 3.8) is 0 Å². The van der Waals surface area contributed by atoms with E-state index in [1.165, 1.54) is 17.7 Å². The average Bonchev–Trinajstić information content (AvgIpc) is 2.38. The van der Waals surface area contributed by atoms with Crippen LogP contribution in [0.4, 0.5) is 4.39 Å². The van der Waals surface area contributed by atoms with Crippen molar-refractivity contribution in [1.82, 2.24) is 0 Å². The Labute approximate surface area is 121 Å². The number of ether oxygens (including phenoxy) is 1. The predicted octanol–water partition coefficient (Wildman–Crippen LogP) is 4.74. The maximum atomic E-state index is 13.1.